The zero-order valence-corrected chi connectivity index (χ0v) is 12.1. The number of fused-ring (bicyclic) bond motifs is 5. The molecule has 1 aliphatic heterocycles. The lowest BCUT2D eigenvalue weighted by atomic mass is 9.88. The van der Waals surface area contributed by atoms with Crippen molar-refractivity contribution in [1.82, 2.24) is 19.9 Å². The van der Waals surface area contributed by atoms with Gasteiger partial charge >= 0.3 is 0 Å². The van der Waals surface area contributed by atoms with Crippen molar-refractivity contribution in [3.05, 3.63) is 18.0 Å². The van der Waals surface area contributed by atoms with Crippen LogP contribution in [-0.2, 0) is 0 Å². The van der Waals surface area contributed by atoms with E-state index >= 15 is 0 Å². The molecule has 0 unspecified atom stereocenters. The van der Waals surface area contributed by atoms with Gasteiger partial charge in [-0.25, -0.2) is 9.97 Å². The van der Waals surface area contributed by atoms with Crippen molar-refractivity contribution in [1.29, 1.82) is 0 Å². The fourth-order valence-corrected chi connectivity index (χ4v) is 3.77. The van der Waals surface area contributed by atoms with Crippen molar-refractivity contribution in [3.8, 4) is 0 Å². The van der Waals surface area contributed by atoms with Crippen molar-refractivity contribution >= 4 is 28.7 Å². The number of aromatic nitrogens is 3. The van der Waals surface area contributed by atoms with E-state index in [1.54, 1.807) is 0 Å². The lowest BCUT2D eigenvalue weighted by Crippen LogP contribution is -2.48. The molecule has 6 heteroatoms. The molecule has 2 atom stereocenters. The second-order valence-corrected chi connectivity index (χ2v) is 6.24. The number of rotatable bonds is 1. The minimum absolute atomic E-state index is 0.0249. The SMILES string of the molecule is CSc1ncc2cc3n(c2n1)[C@@H]1CCCC[C@H]1NC3=O. The van der Waals surface area contributed by atoms with E-state index in [1.165, 1.54) is 24.6 Å². The Balaban J connectivity index is 1.95. The van der Waals surface area contributed by atoms with Crippen LogP contribution < -0.4 is 5.32 Å². The van der Waals surface area contributed by atoms with Gasteiger partial charge in [-0.15, -0.1) is 0 Å². The molecule has 1 N–H and O–H groups in total. The molecule has 0 radical (unpaired) electrons. The van der Waals surface area contributed by atoms with Crippen LogP contribution in [0.1, 0.15) is 42.2 Å². The number of carbonyl (C=O) groups is 1. The highest BCUT2D eigenvalue weighted by Gasteiger charge is 2.36. The summed E-state index contributed by atoms with van der Waals surface area (Å²) in [6.07, 6.45) is 8.38. The highest BCUT2D eigenvalue weighted by molar-refractivity contribution is 7.98. The van der Waals surface area contributed by atoms with Crippen LogP contribution in [0, 0.1) is 0 Å². The van der Waals surface area contributed by atoms with Gasteiger partial charge in [-0.05, 0) is 25.2 Å². The molecule has 0 aromatic carbocycles. The third kappa shape index (κ3) is 1.67. The smallest absolute Gasteiger partial charge is 0.268 e. The minimum atomic E-state index is 0.0249. The fraction of sp³-hybridized carbons (Fsp3) is 0.500. The van der Waals surface area contributed by atoms with Gasteiger partial charge in [-0.1, -0.05) is 24.6 Å². The van der Waals surface area contributed by atoms with Gasteiger partial charge in [0.2, 0.25) is 0 Å². The van der Waals surface area contributed by atoms with E-state index < -0.39 is 0 Å². The summed E-state index contributed by atoms with van der Waals surface area (Å²) < 4.78 is 2.15. The molecule has 5 nitrogen and oxygen atoms in total. The molecular weight excluding hydrogens is 272 g/mol. The van der Waals surface area contributed by atoms with E-state index in [0.29, 0.717) is 6.04 Å². The lowest BCUT2D eigenvalue weighted by Gasteiger charge is -2.38. The van der Waals surface area contributed by atoms with Gasteiger partial charge in [-0.3, -0.25) is 4.79 Å². The molecule has 1 saturated carbocycles. The number of hydrogen-bond acceptors (Lipinski definition) is 4. The van der Waals surface area contributed by atoms with Crippen LogP contribution in [0.25, 0.3) is 11.0 Å². The Bertz CT molecular complexity index is 696. The van der Waals surface area contributed by atoms with Gasteiger partial charge in [0.05, 0.1) is 6.04 Å². The summed E-state index contributed by atoms with van der Waals surface area (Å²) in [5.74, 6) is 0.0249. The molecule has 1 aliphatic carbocycles. The van der Waals surface area contributed by atoms with Gasteiger partial charge in [0, 0.05) is 17.6 Å². The van der Waals surface area contributed by atoms with E-state index in [-0.39, 0.29) is 11.9 Å². The molecule has 0 bridgehead atoms. The van der Waals surface area contributed by atoms with Gasteiger partial charge in [-0.2, -0.15) is 0 Å². The van der Waals surface area contributed by atoms with Crippen LogP contribution in [-0.4, -0.2) is 32.7 Å². The second kappa shape index (κ2) is 4.48. The Morgan fingerprint density at radius 2 is 2.25 bits per heavy atom. The summed E-state index contributed by atoms with van der Waals surface area (Å²) >= 11 is 1.53. The molecular formula is C14H16N4OS. The summed E-state index contributed by atoms with van der Waals surface area (Å²) in [6, 6.07) is 2.52. The van der Waals surface area contributed by atoms with Crippen LogP contribution in [0.15, 0.2) is 17.4 Å². The van der Waals surface area contributed by atoms with Crippen LogP contribution in [0.3, 0.4) is 0 Å². The molecule has 0 spiro atoms. The van der Waals surface area contributed by atoms with Crippen molar-refractivity contribution in [3.63, 3.8) is 0 Å². The maximum atomic E-state index is 12.3. The molecule has 20 heavy (non-hydrogen) atoms. The standard InChI is InChI=1S/C14H16N4OS/c1-20-14-15-7-8-6-11-13(19)16-9-4-2-3-5-10(9)18(11)12(8)17-14/h6-7,9-10H,2-5H2,1H3,(H,16,19)/t9-,10-/m1/s1. The first-order valence-corrected chi connectivity index (χ1v) is 8.23. The first-order chi connectivity index (χ1) is 9.78. The van der Waals surface area contributed by atoms with Crippen LogP contribution in [0.5, 0.6) is 0 Å². The third-order valence-corrected chi connectivity index (χ3v) is 4.91. The summed E-state index contributed by atoms with van der Waals surface area (Å²) in [4.78, 5) is 21.2. The van der Waals surface area contributed by atoms with Crippen LogP contribution in [0.2, 0.25) is 0 Å². The summed E-state index contributed by atoms with van der Waals surface area (Å²) in [5.41, 5.74) is 1.64. The predicted molar refractivity (Wildman–Crippen MR) is 78.1 cm³/mol. The summed E-state index contributed by atoms with van der Waals surface area (Å²) in [6.45, 7) is 0. The topological polar surface area (TPSA) is 59.8 Å². The van der Waals surface area contributed by atoms with Crippen molar-refractivity contribution in [2.24, 2.45) is 0 Å². The number of amides is 1. The second-order valence-electron chi connectivity index (χ2n) is 5.47. The number of hydrogen-bond donors (Lipinski definition) is 1. The average molecular weight is 288 g/mol. The Hall–Kier alpha value is -1.56. The van der Waals surface area contributed by atoms with E-state index in [0.717, 1.165) is 34.7 Å². The van der Waals surface area contributed by atoms with E-state index in [2.05, 4.69) is 19.9 Å². The Labute approximate surface area is 121 Å². The first kappa shape index (κ1) is 12.2. The lowest BCUT2D eigenvalue weighted by molar-refractivity contribution is 0.0855. The van der Waals surface area contributed by atoms with E-state index in [9.17, 15) is 4.79 Å². The number of nitrogens with zero attached hydrogens (tertiary/aromatic N) is 3. The fourth-order valence-electron chi connectivity index (χ4n) is 3.43. The molecule has 0 saturated heterocycles. The zero-order valence-electron chi connectivity index (χ0n) is 11.3. The van der Waals surface area contributed by atoms with E-state index in [4.69, 9.17) is 0 Å². The molecule has 1 amide bonds. The zero-order chi connectivity index (χ0) is 13.7. The van der Waals surface area contributed by atoms with Crippen LogP contribution >= 0.6 is 11.8 Å². The molecule has 2 aromatic rings. The monoisotopic (exact) mass is 288 g/mol. The van der Waals surface area contributed by atoms with Gasteiger partial charge in [0.15, 0.2) is 5.16 Å². The molecule has 3 heterocycles. The third-order valence-electron chi connectivity index (χ3n) is 4.35. The molecule has 2 aromatic heterocycles. The van der Waals surface area contributed by atoms with Gasteiger partial charge < -0.3 is 9.88 Å². The Kier molecular flexibility index (Phi) is 2.73. The molecule has 1 fully saturated rings. The van der Waals surface area contributed by atoms with Crippen molar-refractivity contribution < 1.29 is 4.79 Å². The normalized spacial score (nSPS) is 25.1. The predicted octanol–water partition coefficient (Wildman–Crippen LogP) is 2.38. The minimum Gasteiger partial charge on any atom is -0.346 e. The first-order valence-electron chi connectivity index (χ1n) is 7.01. The summed E-state index contributed by atoms with van der Waals surface area (Å²) in [7, 11) is 0. The number of nitrogens with one attached hydrogen (secondary N) is 1. The Morgan fingerprint density at radius 1 is 1.40 bits per heavy atom. The number of carbonyl (C=O) groups excluding carboxylic acids is 1. The van der Waals surface area contributed by atoms with Crippen molar-refractivity contribution in [2.45, 2.75) is 42.9 Å². The quantitative estimate of drug-likeness (QED) is 0.646. The van der Waals surface area contributed by atoms with Gasteiger partial charge in [0.1, 0.15) is 11.3 Å². The molecule has 4 rings (SSSR count). The highest BCUT2D eigenvalue weighted by Crippen LogP contribution is 2.36. The highest BCUT2D eigenvalue weighted by atomic mass is 32.2. The molecule has 2 aliphatic rings. The number of thioether (sulfide) groups is 1. The van der Waals surface area contributed by atoms with Crippen molar-refractivity contribution in [2.75, 3.05) is 6.26 Å². The largest absolute Gasteiger partial charge is 0.346 e. The van der Waals surface area contributed by atoms with E-state index in [1.807, 2.05) is 18.5 Å². The summed E-state index contributed by atoms with van der Waals surface area (Å²) in [5, 5.41) is 4.87. The maximum absolute atomic E-state index is 12.3. The van der Waals surface area contributed by atoms with Crippen LogP contribution in [0.4, 0.5) is 0 Å². The molecule has 104 valence electrons. The Morgan fingerprint density at radius 3 is 3.10 bits per heavy atom. The van der Waals surface area contributed by atoms with Gasteiger partial charge in [0.25, 0.3) is 5.91 Å². The average Bonchev–Trinajstić information content (AvgIpc) is 2.87. The maximum Gasteiger partial charge on any atom is 0.268 e.